The predicted molar refractivity (Wildman–Crippen MR) is 81.3 cm³/mol. The summed E-state index contributed by atoms with van der Waals surface area (Å²) in [6.45, 7) is 5.49. The van der Waals surface area contributed by atoms with Crippen molar-refractivity contribution < 1.29 is 14.6 Å². The molecule has 0 spiro atoms. The van der Waals surface area contributed by atoms with Gasteiger partial charge in [0.2, 0.25) is 0 Å². The minimum absolute atomic E-state index is 0.327. The number of rotatable bonds is 2. The van der Waals surface area contributed by atoms with Crippen LogP contribution in [0.3, 0.4) is 0 Å². The summed E-state index contributed by atoms with van der Waals surface area (Å²) in [6.07, 6.45) is 1.95. The Balaban J connectivity index is 1.95. The molecule has 21 heavy (non-hydrogen) atoms. The Morgan fingerprint density at radius 1 is 1.29 bits per heavy atom. The van der Waals surface area contributed by atoms with Gasteiger partial charge in [-0.3, -0.25) is 0 Å². The third-order valence-electron chi connectivity index (χ3n) is 5.11. The van der Waals surface area contributed by atoms with Gasteiger partial charge in [-0.05, 0) is 31.9 Å². The van der Waals surface area contributed by atoms with Gasteiger partial charge in [0.25, 0.3) is 0 Å². The van der Waals surface area contributed by atoms with E-state index >= 15 is 0 Å². The molecule has 4 nitrogen and oxygen atoms in total. The van der Waals surface area contributed by atoms with Crippen molar-refractivity contribution in [2.24, 2.45) is 11.1 Å². The number of para-hydroxylation sites is 1. The summed E-state index contributed by atoms with van der Waals surface area (Å²) in [6, 6.07) is 8.02. The number of fused-ring (bicyclic) bond motifs is 1. The van der Waals surface area contributed by atoms with Crippen LogP contribution in [0, 0.1) is 5.41 Å². The molecule has 2 atom stereocenters. The lowest BCUT2D eigenvalue weighted by atomic mass is 9.62. The maximum atomic E-state index is 11.4. The van der Waals surface area contributed by atoms with Crippen molar-refractivity contribution in [3.63, 3.8) is 0 Å². The van der Waals surface area contributed by atoms with Crippen LogP contribution in [0.2, 0.25) is 0 Å². The molecule has 1 aromatic rings. The second-order valence-corrected chi connectivity index (χ2v) is 7.12. The van der Waals surface area contributed by atoms with Gasteiger partial charge in [-0.2, -0.15) is 0 Å². The van der Waals surface area contributed by atoms with Gasteiger partial charge in [0.1, 0.15) is 5.75 Å². The lowest BCUT2D eigenvalue weighted by Gasteiger charge is -2.53. The highest BCUT2D eigenvalue weighted by molar-refractivity contribution is 5.37. The molecule has 116 valence electrons. The molecule has 4 heteroatoms. The summed E-state index contributed by atoms with van der Waals surface area (Å²) in [7, 11) is 0. The first-order valence-corrected chi connectivity index (χ1v) is 7.67. The van der Waals surface area contributed by atoms with Gasteiger partial charge in [0.15, 0.2) is 0 Å². The maximum absolute atomic E-state index is 11.4. The van der Waals surface area contributed by atoms with Crippen LogP contribution in [0.5, 0.6) is 5.75 Å². The van der Waals surface area contributed by atoms with Crippen LogP contribution in [0.1, 0.15) is 32.3 Å². The zero-order valence-corrected chi connectivity index (χ0v) is 12.9. The van der Waals surface area contributed by atoms with Gasteiger partial charge >= 0.3 is 0 Å². The fourth-order valence-corrected chi connectivity index (χ4v) is 3.83. The monoisotopic (exact) mass is 291 g/mol. The Morgan fingerprint density at radius 3 is 2.76 bits per heavy atom. The zero-order chi connectivity index (χ0) is 15.1. The summed E-state index contributed by atoms with van der Waals surface area (Å²) < 4.78 is 11.7. The molecule has 0 radical (unpaired) electrons. The molecular formula is C17H25NO3. The first-order chi connectivity index (χ1) is 9.90. The Labute approximate surface area is 126 Å². The van der Waals surface area contributed by atoms with Crippen molar-refractivity contribution in [3.8, 4) is 5.75 Å². The third-order valence-corrected chi connectivity index (χ3v) is 5.11. The van der Waals surface area contributed by atoms with Gasteiger partial charge in [0.05, 0.1) is 24.4 Å². The van der Waals surface area contributed by atoms with Crippen LogP contribution in [-0.2, 0) is 11.2 Å². The van der Waals surface area contributed by atoms with E-state index in [4.69, 9.17) is 15.2 Å². The van der Waals surface area contributed by atoms with E-state index in [1.165, 1.54) is 0 Å². The third kappa shape index (κ3) is 2.45. The van der Waals surface area contributed by atoms with Crippen LogP contribution in [0.15, 0.2) is 24.3 Å². The van der Waals surface area contributed by atoms with Crippen molar-refractivity contribution >= 4 is 0 Å². The molecule has 2 aliphatic rings. The van der Waals surface area contributed by atoms with Gasteiger partial charge in [-0.25, -0.2) is 0 Å². The summed E-state index contributed by atoms with van der Waals surface area (Å²) in [4.78, 5) is 0. The van der Waals surface area contributed by atoms with Gasteiger partial charge < -0.3 is 20.3 Å². The smallest absolute Gasteiger partial charge is 0.122 e. The van der Waals surface area contributed by atoms with Crippen LogP contribution in [0.4, 0.5) is 0 Å². The Hall–Kier alpha value is -1.10. The SMILES string of the molecule is CC1(C)CC(O)(C2(CN)COc3ccccc3C2)CCO1. The molecule has 0 amide bonds. The molecule has 2 heterocycles. The van der Waals surface area contributed by atoms with Gasteiger partial charge in [0, 0.05) is 24.8 Å². The average molecular weight is 291 g/mol. The number of aliphatic hydroxyl groups is 1. The van der Waals surface area contributed by atoms with Crippen LogP contribution in [-0.4, -0.2) is 36.1 Å². The second-order valence-electron chi connectivity index (χ2n) is 7.12. The molecule has 0 aromatic heterocycles. The summed E-state index contributed by atoms with van der Waals surface area (Å²) in [5.41, 5.74) is 5.63. The molecule has 3 rings (SSSR count). The first kappa shape index (κ1) is 14.8. The van der Waals surface area contributed by atoms with Crippen molar-refractivity contribution in [1.29, 1.82) is 0 Å². The van der Waals surface area contributed by atoms with Gasteiger partial charge in [-0.1, -0.05) is 18.2 Å². The van der Waals surface area contributed by atoms with Crippen molar-refractivity contribution in [1.82, 2.24) is 0 Å². The van der Waals surface area contributed by atoms with Crippen molar-refractivity contribution in [2.45, 2.75) is 44.3 Å². The minimum Gasteiger partial charge on any atom is -0.493 e. The normalized spacial score (nSPS) is 34.9. The molecule has 1 fully saturated rings. The number of benzene rings is 1. The van der Waals surface area contributed by atoms with Crippen LogP contribution in [0.25, 0.3) is 0 Å². The molecule has 0 bridgehead atoms. The standard InChI is InChI=1S/C17H25NO3/c1-15(2)10-17(19,7-8-21-15)16(11-18)9-13-5-3-4-6-14(13)20-12-16/h3-6,19H,7-12,18H2,1-2H3. The van der Waals surface area contributed by atoms with E-state index in [0.717, 1.165) is 17.7 Å². The maximum Gasteiger partial charge on any atom is 0.122 e. The van der Waals surface area contributed by atoms with E-state index < -0.39 is 11.0 Å². The number of nitrogens with two attached hydrogens (primary N) is 1. The highest BCUT2D eigenvalue weighted by atomic mass is 16.5. The zero-order valence-electron chi connectivity index (χ0n) is 12.9. The Bertz CT molecular complexity index is 531. The summed E-state index contributed by atoms with van der Waals surface area (Å²) >= 11 is 0. The largest absolute Gasteiger partial charge is 0.493 e. The van der Waals surface area contributed by atoms with E-state index in [1.54, 1.807) is 0 Å². The lowest BCUT2D eigenvalue weighted by molar-refractivity contribution is -0.202. The van der Waals surface area contributed by atoms with Crippen LogP contribution >= 0.6 is 0 Å². The predicted octanol–water partition coefficient (Wildman–Crippen LogP) is 1.89. The van der Waals surface area contributed by atoms with Gasteiger partial charge in [-0.15, -0.1) is 0 Å². The molecule has 2 aliphatic heterocycles. The average Bonchev–Trinajstić information content (AvgIpc) is 2.45. The van der Waals surface area contributed by atoms with Crippen LogP contribution < -0.4 is 10.5 Å². The fourth-order valence-electron chi connectivity index (χ4n) is 3.83. The molecule has 3 N–H and O–H groups in total. The molecular weight excluding hydrogens is 266 g/mol. The van der Waals surface area contributed by atoms with E-state index in [-0.39, 0.29) is 5.60 Å². The highest BCUT2D eigenvalue weighted by Gasteiger charge is 2.55. The highest BCUT2D eigenvalue weighted by Crippen LogP contribution is 2.48. The van der Waals surface area contributed by atoms with E-state index in [2.05, 4.69) is 6.07 Å². The first-order valence-electron chi connectivity index (χ1n) is 7.67. The fraction of sp³-hybridized carbons (Fsp3) is 0.647. The molecule has 0 aliphatic carbocycles. The van der Waals surface area contributed by atoms with Crippen molar-refractivity contribution in [3.05, 3.63) is 29.8 Å². The number of hydrogen-bond acceptors (Lipinski definition) is 4. The summed E-state index contributed by atoms with van der Waals surface area (Å²) in [5, 5.41) is 11.4. The topological polar surface area (TPSA) is 64.7 Å². The second kappa shape index (κ2) is 4.97. The molecule has 2 unspecified atom stereocenters. The van der Waals surface area contributed by atoms with Crippen molar-refractivity contribution in [2.75, 3.05) is 19.8 Å². The number of hydrogen-bond donors (Lipinski definition) is 2. The quantitative estimate of drug-likeness (QED) is 0.873. The van der Waals surface area contributed by atoms with E-state index in [0.29, 0.717) is 32.6 Å². The summed E-state index contributed by atoms with van der Waals surface area (Å²) in [5.74, 6) is 0.913. The Morgan fingerprint density at radius 2 is 2.05 bits per heavy atom. The number of ether oxygens (including phenoxy) is 2. The van der Waals surface area contributed by atoms with E-state index in [1.807, 2.05) is 32.0 Å². The lowest BCUT2D eigenvalue weighted by Crippen LogP contribution is -2.63. The molecule has 1 aromatic carbocycles. The molecule has 0 saturated carbocycles. The molecule has 1 saturated heterocycles. The van der Waals surface area contributed by atoms with E-state index in [9.17, 15) is 5.11 Å². The Kier molecular flexibility index (Phi) is 3.51. The minimum atomic E-state index is -0.850.